The summed E-state index contributed by atoms with van der Waals surface area (Å²) in [5.74, 6) is 0.336. The summed E-state index contributed by atoms with van der Waals surface area (Å²) in [5, 5.41) is 3.66. The maximum atomic E-state index is 12.5. The van der Waals surface area contributed by atoms with Gasteiger partial charge >= 0.3 is 0 Å². The number of thiocarbonyl (C=S) groups is 1. The molecule has 0 unspecified atom stereocenters. The number of benzene rings is 2. The highest BCUT2D eigenvalue weighted by molar-refractivity contribution is 9.10. The van der Waals surface area contributed by atoms with Crippen molar-refractivity contribution in [3.05, 3.63) is 62.4 Å². The number of nitrogens with one attached hydrogen (secondary N) is 3. The molecule has 0 saturated heterocycles. The fourth-order valence-electron chi connectivity index (χ4n) is 2.70. The van der Waals surface area contributed by atoms with Crippen molar-refractivity contribution >= 4 is 78.1 Å². The molecule has 2 amide bonds. The van der Waals surface area contributed by atoms with Gasteiger partial charge in [-0.25, -0.2) is 0 Å². The van der Waals surface area contributed by atoms with Crippen molar-refractivity contribution in [3.8, 4) is 5.75 Å². The van der Waals surface area contributed by atoms with Crippen LogP contribution in [0.15, 0.2) is 46.9 Å². The Morgan fingerprint density at radius 1 is 1.16 bits per heavy atom. The van der Waals surface area contributed by atoms with E-state index in [4.69, 9.17) is 28.6 Å². The van der Waals surface area contributed by atoms with Gasteiger partial charge in [0.2, 0.25) is 0 Å². The molecule has 3 rings (SSSR count). The van der Waals surface area contributed by atoms with E-state index in [9.17, 15) is 9.59 Å². The zero-order valence-electron chi connectivity index (χ0n) is 17.3. The topological polar surface area (TPSA) is 79.5 Å². The molecular weight excluding hydrogens is 534 g/mol. The highest BCUT2D eigenvalue weighted by atomic mass is 79.9. The second-order valence-corrected chi connectivity index (χ2v) is 9.97. The number of hydrogen-bond acceptors (Lipinski definition) is 5. The molecule has 0 fully saturated rings. The molecule has 0 saturated carbocycles. The minimum atomic E-state index is -0.446. The number of hydrogen-bond donors (Lipinski definition) is 3. The van der Waals surface area contributed by atoms with E-state index in [2.05, 4.69) is 45.9 Å². The number of carbonyl (C=O) groups excluding carboxylic acids is 2. The average Bonchev–Trinajstić information content (AvgIpc) is 3.09. The lowest BCUT2D eigenvalue weighted by molar-refractivity contribution is 0.0938. The maximum absolute atomic E-state index is 12.5. The van der Waals surface area contributed by atoms with Crippen molar-refractivity contribution in [2.75, 3.05) is 6.61 Å². The molecule has 0 aliphatic heterocycles. The second-order valence-electron chi connectivity index (χ2n) is 7.28. The van der Waals surface area contributed by atoms with Crippen LogP contribution in [0.2, 0.25) is 5.02 Å². The molecule has 10 heteroatoms. The standard InChI is InChI=1S/C22H21BrClN3O3S2/c1-12(2)9-10-30-16-8-7-13(11-15(16)23)20(28)25-22(31)27-26-21(29)19-18(24)14-5-3-4-6-17(14)32-19/h3-8,11-12H,9-10H2,1-2H3,(H,26,29)(H2,25,27,28,31). The van der Waals surface area contributed by atoms with E-state index in [0.717, 1.165) is 16.5 Å². The molecule has 0 spiro atoms. The SMILES string of the molecule is CC(C)CCOc1ccc(C(=O)NC(=S)NNC(=O)c2sc3ccccc3c2Cl)cc1Br. The van der Waals surface area contributed by atoms with E-state index in [1.54, 1.807) is 18.2 Å². The molecule has 2 aromatic carbocycles. The highest BCUT2D eigenvalue weighted by Crippen LogP contribution is 2.34. The Morgan fingerprint density at radius 3 is 2.59 bits per heavy atom. The van der Waals surface area contributed by atoms with E-state index in [0.29, 0.717) is 38.2 Å². The summed E-state index contributed by atoms with van der Waals surface area (Å²) >= 11 is 16.1. The zero-order valence-corrected chi connectivity index (χ0v) is 21.3. The van der Waals surface area contributed by atoms with Crippen LogP contribution >= 0.6 is 51.1 Å². The molecule has 0 radical (unpaired) electrons. The van der Waals surface area contributed by atoms with Crippen LogP contribution < -0.4 is 20.9 Å². The normalized spacial score (nSPS) is 10.8. The van der Waals surface area contributed by atoms with Gasteiger partial charge in [-0.1, -0.05) is 43.6 Å². The largest absolute Gasteiger partial charge is 0.492 e. The molecule has 3 aromatic rings. The number of carbonyl (C=O) groups is 2. The Bertz CT molecular complexity index is 1170. The number of hydrazine groups is 1. The van der Waals surface area contributed by atoms with Crippen molar-refractivity contribution in [1.29, 1.82) is 0 Å². The van der Waals surface area contributed by atoms with Crippen LogP contribution in [0.4, 0.5) is 0 Å². The molecule has 0 atom stereocenters. The summed E-state index contributed by atoms with van der Waals surface area (Å²) in [6.45, 7) is 4.85. The molecular formula is C22H21BrClN3O3S2. The van der Waals surface area contributed by atoms with Crippen molar-refractivity contribution in [3.63, 3.8) is 0 Å². The Kier molecular flexibility index (Phi) is 8.47. The summed E-state index contributed by atoms with van der Waals surface area (Å²) < 4.78 is 7.30. The number of amides is 2. The fourth-order valence-corrected chi connectivity index (χ4v) is 4.75. The van der Waals surface area contributed by atoms with Gasteiger partial charge in [-0.3, -0.25) is 25.8 Å². The summed E-state index contributed by atoms with van der Waals surface area (Å²) in [4.78, 5) is 25.3. The lowest BCUT2D eigenvalue weighted by atomic mass is 10.1. The van der Waals surface area contributed by atoms with Gasteiger partial charge < -0.3 is 4.74 Å². The second kappa shape index (κ2) is 11.1. The molecule has 1 aromatic heterocycles. The van der Waals surface area contributed by atoms with Crippen LogP contribution in [0.5, 0.6) is 5.75 Å². The third-order valence-electron chi connectivity index (χ3n) is 4.40. The Labute approximate surface area is 208 Å². The van der Waals surface area contributed by atoms with Gasteiger partial charge in [0.25, 0.3) is 11.8 Å². The van der Waals surface area contributed by atoms with E-state index < -0.39 is 11.8 Å². The molecule has 0 aliphatic carbocycles. The van der Waals surface area contributed by atoms with Gasteiger partial charge in [0.1, 0.15) is 10.6 Å². The first kappa shape index (κ1) is 24.4. The minimum absolute atomic E-state index is 0.0473. The Hall–Kier alpha value is -2.20. The van der Waals surface area contributed by atoms with E-state index in [-0.39, 0.29) is 5.11 Å². The first-order valence-electron chi connectivity index (χ1n) is 9.77. The average molecular weight is 555 g/mol. The number of halogens is 2. The van der Waals surface area contributed by atoms with Gasteiger partial charge in [0, 0.05) is 15.6 Å². The van der Waals surface area contributed by atoms with Gasteiger partial charge in [-0.05, 0) is 64.8 Å². The minimum Gasteiger partial charge on any atom is -0.492 e. The maximum Gasteiger partial charge on any atom is 0.281 e. The molecule has 32 heavy (non-hydrogen) atoms. The van der Waals surface area contributed by atoms with Gasteiger partial charge in [-0.2, -0.15) is 0 Å². The lowest BCUT2D eigenvalue weighted by Crippen LogP contribution is -2.48. The van der Waals surface area contributed by atoms with Crippen LogP contribution in [-0.4, -0.2) is 23.5 Å². The smallest absolute Gasteiger partial charge is 0.281 e. The van der Waals surface area contributed by atoms with E-state index >= 15 is 0 Å². The van der Waals surface area contributed by atoms with Crippen LogP contribution in [0.3, 0.4) is 0 Å². The fraction of sp³-hybridized carbons (Fsp3) is 0.227. The zero-order chi connectivity index (χ0) is 23.3. The number of fused-ring (bicyclic) bond motifs is 1. The number of rotatable bonds is 6. The molecule has 168 valence electrons. The Morgan fingerprint density at radius 2 is 1.91 bits per heavy atom. The number of ether oxygens (including phenoxy) is 1. The summed E-state index contributed by atoms with van der Waals surface area (Å²) in [6, 6.07) is 12.5. The molecule has 1 heterocycles. The van der Waals surface area contributed by atoms with Crippen molar-refractivity contribution in [2.24, 2.45) is 5.92 Å². The van der Waals surface area contributed by atoms with Crippen LogP contribution in [0.25, 0.3) is 10.1 Å². The quantitative estimate of drug-likeness (QED) is 0.269. The van der Waals surface area contributed by atoms with Crippen LogP contribution in [0, 0.1) is 5.92 Å². The summed E-state index contributed by atoms with van der Waals surface area (Å²) in [7, 11) is 0. The van der Waals surface area contributed by atoms with Gasteiger partial charge in [0.15, 0.2) is 5.11 Å². The van der Waals surface area contributed by atoms with Crippen LogP contribution in [-0.2, 0) is 0 Å². The first-order valence-corrected chi connectivity index (χ1v) is 12.2. The van der Waals surface area contributed by atoms with Gasteiger partial charge in [-0.15, -0.1) is 11.3 Å². The number of thiophene rings is 1. The third kappa shape index (κ3) is 6.19. The van der Waals surface area contributed by atoms with E-state index in [1.807, 2.05) is 24.3 Å². The van der Waals surface area contributed by atoms with Crippen molar-refractivity contribution < 1.29 is 14.3 Å². The predicted molar refractivity (Wildman–Crippen MR) is 137 cm³/mol. The van der Waals surface area contributed by atoms with E-state index in [1.165, 1.54) is 11.3 Å². The first-order chi connectivity index (χ1) is 15.3. The summed E-state index contributed by atoms with van der Waals surface area (Å²) in [6.07, 6.45) is 0.938. The lowest BCUT2D eigenvalue weighted by Gasteiger charge is -2.12. The Balaban J connectivity index is 1.54. The monoisotopic (exact) mass is 553 g/mol. The highest BCUT2D eigenvalue weighted by Gasteiger charge is 2.17. The van der Waals surface area contributed by atoms with Crippen molar-refractivity contribution in [1.82, 2.24) is 16.2 Å². The van der Waals surface area contributed by atoms with Crippen molar-refractivity contribution in [2.45, 2.75) is 20.3 Å². The molecule has 3 N–H and O–H groups in total. The molecule has 0 bridgehead atoms. The molecule has 6 nitrogen and oxygen atoms in total. The third-order valence-corrected chi connectivity index (χ3v) is 6.90. The summed E-state index contributed by atoms with van der Waals surface area (Å²) in [5.41, 5.74) is 5.38. The van der Waals surface area contributed by atoms with Crippen LogP contribution in [0.1, 0.15) is 40.3 Å². The molecule has 0 aliphatic rings. The van der Waals surface area contributed by atoms with Gasteiger partial charge in [0.05, 0.1) is 16.1 Å². The predicted octanol–water partition coefficient (Wildman–Crippen LogP) is 5.69.